The zero-order valence-corrected chi connectivity index (χ0v) is 25.8. The lowest BCUT2D eigenvalue weighted by molar-refractivity contribution is -0.355. The first-order valence-electron chi connectivity index (χ1n) is 14.7. The van der Waals surface area contributed by atoms with E-state index in [9.17, 15) is 15.3 Å². The molecule has 0 amide bonds. The molecule has 0 radical (unpaired) electrons. The third-order valence-electron chi connectivity index (χ3n) is 8.75. The first-order chi connectivity index (χ1) is 20.0. The summed E-state index contributed by atoms with van der Waals surface area (Å²) in [6.45, 7) is 7.25. The Kier molecular flexibility index (Phi) is 12.4. The van der Waals surface area contributed by atoms with Crippen molar-refractivity contribution >= 4 is 0 Å². The Morgan fingerprint density at radius 3 is 1.40 bits per heavy atom. The summed E-state index contributed by atoms with van der Waals surface area (Å²) >= 11 is 0. The minimum Gasteiger partial charge on any atom is -0.388 e. The van der Waals surface area contributed by atoms with Gasteiger partial charge in [-0.15, -0.1) is 0 Å². The van der Waals surface area contributed by atoms with Crippen LogP contribution in [-0.4, -0.2) is 148 Å². The molecular weight excluding hydrogens is 560 g/mol. The van der Waals surface area contributed by atoms with Crippen LogP contribution in [0.5, 0.6) is 0 Å². The van der Waals surface area contributed by atoms with Gasteiger partial charge in [0.1, 0.15) is 36.6 Å². The van der Waals surface area contributed by atoms with Crippen LogP contribution < -0.4 is 0 Å². The first-order valence-corrected chi connectivity index (χ1v) is 14.7. The summed E-state index contributed by atoms with van der Waals surface area (Å²) in [6, 6.07) is 0. The average molecular weight is 611 g/mol. The average Bonchev–Trinajstić information content (AvgIpc) is 2.95. The number of hydrogen-bond acceptors (Lipinski definition) is 14. The highest BCUT2D eigenvalue weighted by atomic mass is 16.8. The summed E-state index contributed by atoms with van der Waals surface area (Å²) in [7, 11) is 6.19. The summed E-state index contributed by atoms with van der Waals surface area (Å²) in [6.07, 6.45) is -9.70. The lowest BCUT2D eigenvalue weighted by atomic mass is 9.98. The smallest absolute Gasteiger partial charge is 0.187 e. The second-order valence-corrected chi connectivity index (χ2v) is 11.6. The quantitative estimate of drug-likeness (QED) is 0.305. The molecule has 14 heteroatoms. The van der Waals surface area contributed by atoms with E-state index < -0.39 is 86.2 Å². The molecule has 4 saturated heterocycles. The minimum atomic E-state index is -1.20. The fourth-order valence-electron chi connectivity index (χ4n) is 6.37. The SMILES string of the molecule is CO[C@@H]1[C@@H](O)[C@H](O[C@@H]2[C@@H](C)O[C@@H](O[C@H]3[C@@H](OC)C[C@H](O[C@H]4[C@@H](OC)C[C@H](O)O[C@@H]4C)O[C@@H]3C)C[C@H]2OC)O[C@H](C)[C@H]1O. The van der Waals surface area contributed by atoms with Crippen molar-refractivity contribution in [2.75, 3.05) is 28.4 Å². The van der Waals surface area contributed by atoms with Gasteiger partial charge in [-0.3, -0.25) is 0 Å². The van der Waals surface area contributed by atoms with Gasteiger partial charge in [-0.2, -0.15) is 0 Å². The monoisotopic (exact) mass is 610 g/mol. The maximum atomic E-state index is 10.7. The van der Waals surface area contributed by atoms with Gasteiger partial charge in [-0.1, -0.05) is 0 Å². The lowest BCUT2D eigenvalue weighted by Crippen LogP contribution is -2.61. The molecule has 0 aliphatic carbocycles. The molecule has 42 heavy (non-hydrogen) atoms. The normalized spacial score (nSPS) is 50.5. The molecule has 0 saturated carbocycles. The van der Waals surface area contributed by atoms with Gasteiger partial charge >= 0.3 is 0 Å². The molecule has 0 aromatic heterocycles. The van der Waals surface area contributed by atoms with Crippen LogP contribution in [0.15, 0.2) is 0 Å². The molecule has 3 N–H and O–H groups in total. The van der Waals surface area contributed by atoms with Gasteiger partial charge in [0.2, 0.25) is 0 Å². The molecule has 246 valence electrons. The first kappa shape index (κ1) is 34.3. The Balaban J connectivity index is 1.35. The Labute approximate surface area is 247 Å². The van der Waals surface area contributed by atoms with Crippen molar-refractivity contribution in [1.82, 2.24) is 0 Å². The molecule has 0 unspecified atom stereocenters. The Bertz CT molecular complexity index is 821. The van der Waals surface area contributed by atoms with E-state index in [-0.39, 0.29) is 18.3 Å². The van der Waals surface area contributed by atoms with Crippen molar-refractivity contribution in [3.05, 3.63) is 0 Å². The van der Waals surface area contributed by atoms with E-state index >= 15 is 0 Å². The highest BCUT2D eigenvalue weighted by Gasteiger charge is 2.49. The summed E-state index contributed by atoms with van der Waals surface area (Å²) < 4.78 is 65.0. The summed E-state index contributed by atoms with van der Waals surface area (Å²) in [4.78, 5) is 0. The fourth-order valence-corrected chi connectivity index (χ4v) is 6.37. The molecule has 4 heterocycles. The Hall–Kier alpha value is -0.560. The van der Waals surface area contributed by atoms with Crippen LogP contribution in [0.4, 0.5) is 0 Å². The zero-order valence-electron chi connectivity index (χ0n) is 25.8. The minimum absolute atomic E-state index is 0.301. The predicted octanol–water partition coefficient (Wildman–Crippen LogP) is 0.0656. The topological polar surface area (TPSA) is 162 Å². The zero-order chi connectivity index (χ0) is 30.7. The van der Waals surface area contributed by atoms with E-state index in [1.807, 2.05) is 20.8 Å². The molecule has 14 nitrogen and oxygen atoms in total. The maximum Gasteiger partial charge on any atom is 0.187 e. The molecule has 17 atom stereocenters. The summed E-state index contributed by atoms with van der Waals surface area (Å²) in [5, 5.41) is 31.0. The van der Waals surface area contributed by atoms with Crippen LogP contribution in [0.3, 0.4) is 0 Å². The van der Waals surface area contributed by atoms with Gasteiger partial charge in [0, 0.05) is 47.7 Å². The fraction of sp³-hybridized carbons (Fsp3) is 1.00. The maximum absolute atomic E-state index is 10.7. The predicted molar refractivity (Wildman–Crippen MR) is 143 cm³/mol. The van der Waals surface area contributed by atoms with Crippen molar-refractivity contribution in [3.8, 4) is 0 Å². The molecule has 4 aliphatic rings. The van der Waals surface area contributed by atoms with Crippen molar-refractivity contribution in [3.63, 3.8) is 0 Å². The molecule has 0 aromatic carbocycles. The number of rotatable bonds is 10. The second-order valence-electron chi connectivity index (χ2n) is 11.6. The number of ether oxygens (including phenoxy) is 11. The Morgan fingerprint density at radius 1 is 0.476 bits per heavy atom. The van der Waals surface area contributed by atoms with Gasteiger partial charge in [-0.25, -0.2) is 0 Å². The second kappa shape index (κ2) is 15.1. The van der Waals surface area contributed by atoms with E-state index in [4.69, 9.17) is 52.1 Å². The Morgan fingerprint density at radius 2 is 0.929 bits per heavy atom. The summed E-state index contributed by atoms with van der Waals surface area (Å²) in [5.74, 6) is 0. The van der Waals surface area contributed by atoms with E-state index in [0.717, 1.165) is 0 Å². The van der Waals surface area contributed by atoms with E-state index in [0.29, 0.717) is 19.3 Å². The van der Waals surface area contributed by atoms with E-state index in [2.05, 4.69) is 0 Å². The van der Waals surface area contributed by atoms with Crippen molar-refractivity contribution in [2.24, 2.45) is 0 Å². The summed E-state index contributed by atoms with van der Waals surface area (Å²) in [5.41, 5.74) is 0. The van der Waals surface area contributed by atoms with Gasteiger partial charge in [0.05, 0.1) is 42.7 Å². The van der Waals surface area contributed by atoms with Crippen LogP contribution in [0.2, 0.25) is 0 Å². The van der Waals surface area contributed by atoms with Crippen LogP contribution in [0.25, 0.3) is 0 Å². The van der Waals surface area contributed by atoms with E-state index in [1.165, 1.54) is 7.11 Å². The highest BCUT2D eigenvalue weighted by Crippen LogP contribution is 2.35. The van der Waals surface area contributed by atoms with Crippen molar-refractivity contribution in [1.29, 1.82) is 0 Å². The molecule has 4 aliphatic heterocycles. The van der Waals surface area contributed by atoms with Crippen LogP contribution >= 0.6 is 0 Å². The van der Waals surface area contributed by atoms with Crippen molar-refractivity contribution in [2.45, 2.75) is 151 Å². The molecular formula is C28H50O14. The number of hydrogen-bond donors (Lipinski definition) is 3. The molecule has 0 spiro atoms. The van der Waals surface area contributed by atoms with Gasteiger partial charge < -0.3 is 67.4 Å². The van der Waals surface area contributed by atoms with Crippen molar-refractivity contribution < 1.29 is 67.4 Å². The van der Waals surface area contributed by atoms with Gasteiger partial charge in [0.15, 0.2) is 25.2 Å². The van der Waals surface area contributed by atoms with Crippen LogP contribution in [0.1, 0.15) is 47.0 Å². The molecule has 0 aromatic rings. The van der Waals surface area contributed by atoms with E-state index in [1.54, 1.807) is 28.3 Å². The lowest BCUT2D eigenvalue weighted by Gasteiger charge is -2.47. The molecule has 0 bridgehead atoms. The van der Waals surface area contributed by atoms with Gasteiger partial charge in [0.25, 0.3) is 0 Å². The third-order valence-corrected chi connectivity index (χ3v) is 8.75. The van der Waals surface area contributed by atoms with Gasteiger partial charge in [-0.05, 0) is 27.7 Å². The highest BCUT2D eigenvalue weighted by molar-refractivity contribution is 4.92. The number of aliphatic hydroxyl groups excluding tert-OH is 3. The standard InChI is InChI=1S/C28H50O14/c1-12-22(30)27(35-8)23(31)28(39-12)42-26-15(4)38-21(11-18(26)34-7)41-25-14(3)37-20(10-17(25)33-6)40-24-13(2)36-19(29)9-16(24)32-5/h12-31H,9-11H2,1-8H3/t12-,13-,14-,15-,16+,17+,18-,19-,20+,21+,22-,23-,24-,25-,26-,27+,28+/m1/s1. The number of methoxy groups -OCH3 is 4. The molecule has 4 rings (SSSR count). The van der Waals surface area contributed by atoms with Crippen LogP contribution in [0, 0.1) is 0 Å². The molecule has 4 fully saturated rings. The number of aliphatic hydroxyl groups is 3. The third kappa shape index (κ3) is 7.62. The largest absolute Gasteiger partial charge is 0.388 e. The van der Waals surface area contributed by atoms with Crippen LogP contribution in [-0.2, 0) is 52.1 Å².